The minimum atomic E-state index is -0.542. The van der Waals surface area contributed by atoms with Crippen LogP contribution in [0.3, 0.4) is 0 Å². The zero-order valence-corrected chi connectivity index (χ0v) is 15.9. The molecule has 1 fully saturated rings. The van der Waals surface area contributed by atoms with Gasteiger partial charge in [-0.25, -0.2) is 0 Å². The lowest BCUT2D eigenvalue weighted by Crippen LogP contribution is -2.35. The first kappa shape index (κ1) is 20.4. The summed E-state index contributed by atoms with van der Waals surface area (Å²) in [6, 6.07) is 20.1. The molecule has 1 amide bonds. The van der Waals surface area contributed by atoms with Crippen LogP contribution in [-0.2, 0) is 9.53 Å². The number of hydrogen-bond acceptors (Lipinski definition) is 3. The second kappa shape index (κ2) is 9.72. The summed E-state index contributed by atoms with van der Waals surface area (Å²) in [4.78, 5) is 15.1. The van der Waals surface area contributed by atoms with Crippen molar-refractivity contribution >= 4 is 18.3 Å². The van der Waals surface area contributed by atoms with Crippen molar-refractivity contribution in [2.24, 2.45) is 11.7 Å². The van der Waals surface area contributed by atoms with Gasteiger partial charge in [-0.05, 0) is 30.5 Å². The van der Waals surface area contributed by atoms with Crippen LogP contribution in [0.1, 0.15) is 30.1 Å². The lowest BCUT2D eigenvalue weighted by Gasteiger charge is -2.24. The molecule has 0 saturated carbocycles. The molecule has 3 atom stereocenters. The standard InChI is InChI=1S/C21H26N2O2.ClH/c1-2-25-20(17-11-7-4-8-12-17)21(24)23-14-18(13-22)19(15-23)16-9-5-3-6-10-16;/h3-12,18-20H,2,13-15,22H2,1H3;1H/t18-,19+,20?;/m1./s1. The number of amides is 1. The van der Waals surface area contributed by atoms with Gasteiger partial charge in [0.1, 0.15) is 0 Å². The Hall–Kier alpha value is -1.88. The number of nitrogens with zero attached hydrogens (tertiary/aromatic N) is 1. The minimum Gasteiger partial charge on any atom is -0.364 e. The molecule has 2 aromatic carbocycles. The molecule has 0 aliphatic carbocycles. The van der Waals surface area contributed by atoms with Crippen LogP contribution in [0.5, 0.6) is 0 Å². The van der Waals surface area contributed by atoms with Crippen molar-refractivity contribution in [3.05, 3.63) is 71.8 Å². The van der Waals surface area contributed by atoms with Gasteiger partial charge in [-0.15, -0.1) is 12.4 Å². The van der Waals surface area contributed by atoms with Gasteiger partial charge in [0.05, 0.1) is 0 Å². The lowest BCUT2D eigenvalue weighted by atomic mass is 9.89. The molecule has 140 valence electrons. The Balaban J connectivity index is 0.00000243. The molecule has 1 saturated heterocycles. The molecule has 2 N–H and O–H groups in total. The largest absolute Gasteiger partial charge is 0.364 e. The number of halogens is 1. The molecular formula is C21H27ClN2O2. The first-order valence-electron chi connectivity index (χ1n) is 8.95. The zero-order valence-electron chi connectivity index (χ0n) is 15.1. The number of nitrogens with two attached hydrogens (primary N) is 1. The Labute approximate surface area is 161 Å². The Bertz CT molecular complexity index is 681. The van der Waals surface area contributed by atoms with Crippen molar-refractivity contribution in [2.45, 2.75) is 18.9 Å². The van der Waals surface area contributed by atoms with Gasteiger partial charge in [-0.1, -0.05) is 60.7 Å². The SMILES string of the molecule is CCOC(C(=O)N1C[C@@H](CN)[C@H](c2ccccc2)C1)c1ccccc1.Cl. The number of carbonyl (C=O) groups excluding carboxylic acids is 1. The first-order valence-corrected chi connectivity index (χ1v) is 8.95. The van der Waals surface area contributed by atoms with Crippen LogP contribution in [0.4, 0.5) is 0 Å². The van der Waals surface area contributed by atoms with Crippen LogP contribution >= 0.6 is 12.4 Å². The van der Waals surface area contributed by atoms with Crippen molar-refractivity contribution in [3.63, 3.8) is 0 Å². The Morgan fingerprint density at radius 2 is 1.73 bits per heavy atom. The average Bonchev–Trinajstić information content (AvgIpc) is 3.11. The number of rotatable bonds is 6. The van der Waals surface area contributed by atoms with E-state index in [1.807, 2.05) is 60.4 Å². The van der Waals surface area contributed by atoms with E-state index in [1.54, 1.807) is 0 Å². The molecule has 2 aromatic rings. The van der Waals surface area contributed by atoms with Gasteiger partial charge in [-0.3, -0.25) is 4.79 Å². The third kappa shape index (κ3) is 4.44. The third-order valence-electron chi connectivity index (χ3n) is 4.94. The molecular weight excluding hydrogens is 348 g/mol. The van der Waals surface area contributed by atoms with E-state index in [0.717, 1.165) is 5.56 Å². The summed E-state index contributed by atoms with van der Waals surface area (Å²) in [5.41, 5.74) is 8.16. The number of hydrogen-bond donors (Lipinski definition) is 1. The van der Waals surface area contributed by atoms with Crippen LogP contribution in [0.25, 0.3) is 0 Å². The average molecular weight is 375 g/mol. The fourth-order valence-corrected chi connectivity index (χ4v) is 3.64. The lowest BCUT2D eigenvalue weighted by molar-refractivity contribution is -0.143. The van der Waals surface area contributed by atoms with E-state index in [1.165, 1.54) is 5.56 Å². The summed E-state index contributed by atoms with van der Waals surface area (Å²) in [7, 11) is 0. The molecule has 1 heterocycles. The van der Waals surface area contributed by atoms with Crippen LogP contribution in [0, 0.1) is 5.92 Å². The van der Waals surface area contributed by atoms with Gasteiger partial charge in [0.15, 0.2) is 6.10 Å². The predicted molar refractivity (Wildman–Crippen MR) is 106 cm³/mol. The maximum atomic E-state index is 13.1. The van der Waals surface area contributed by atoms with E-state index in [9.17, 15) is 4.79 Å². The van der Waals surface area contributed by atoms with Gasteiger partial charge >= 0.3 is 0 Å². The second-order valence-electron chi connectivity index (χ2n) is 6.50. The van der Waals surface area contributed by atoms with Gasteiger partial charge in [0.25, 0.3) is 5.91 Å². The van der Waals surface area contributed by atoms with Crippen molar-refractivity contribution < 1.29 is 9.53 Å². The van der Waals surface area contributed by atoms with E-state index in [-0.39, 0.29) is 30.2 Å². The Morgan fingerprint density at radius 1 is 1.12 bits per heavy atom. The van der Waals surface area contributed by atoms with E-state index in [0.29, 0.717) is 26.2 Å². The zero-order chi connectivity index (χ0) is 17.6. The predicted octanol–water partition coefficient (Wildman–Crippen LogP) is 3.39. The van der Waals surface area contributed by atoms with Crippen molar-refractivity contribution in [3.8, 4) is 0 Å². The Morgan fingerprint density at radius 3 is 2.31 bits per heavy atom. The molecule has 0 spiro atoms. The van der Waals surface area contributed by atoms with E-state index in [2.05, 4.69) is 12.1 Å². The molecule has 4 nitrogen and oxygen atoms in total. The van der Waals surface area contributed by atoms with Gasteiger partial charge in [0.2, 0.25) is 0 Å². The minimum absolute atomic E-state index is 0. The van der Waals surface area contributed by atoms with Gasteiger partial charge < -0.3 is 15.4 Å². The third-order valence-corrected chi connectivity index (χ3v) is 4.94. The molecule has 0 aromatic heterocycles. The highest BCUT2D eigenvalue weighted by atomic mass is 35.5. The maximum absolute atomic E-state index is 13.1. The molecule has 1 aliphatic heterocycles. The highest BCUT2D eigenvalue weighted by Gasteiger charge is 2.38. The highest BCUT2D eigenvalue weighted by molar-refractivity contribution is 5.85. The van der Waals surface area contributed by atoms with Gasteiger partial charge in [-0.2, -0.15) is 0 Å². The van der Waals surface area contributed by atoms with E-state index in [4.69, 9.17) is 10.5 Å². The topological polar surface area (TPSA) is 55.6 Å². The van der Waals surface area contributed by atoms with Crippen LogP contribution in [0.2, 0.25) is 0 Å². The number of likely N-dealkylation sites (tertiary alicyclic amines) is 1. The van der Waals surface area contributed by atoms with E-state index < -0.39 is 6.10 Å². The molecule has 3 rings (SSSR count). The number of benzene rings is 2. The van der Waals surface area contributed by atoms with E-state index >= 15 is 0 Å². The maximum Gasteiger partial charge on any atom is 0.256 e. The highest BCUT2D eigenvalue weighted by Crippen LogP contribution is 2.34. The molecule has 0 radical (unpaired) electrons. The fraction of sp³-hybridized carbons (Fsp3) is 0.381. The first-order chi connectivity index (χ1) is 12.2. The van der Waals surface area contributed by atoms with Crippen LogP contribution < -0.4 is 5.73 Å². The van der Waals surface area contributed by atoms with Crippen molar-refractivity contribution in [1.82, 2.24) is 4.90 Å². The normalized spacial score (nSPS) is 20.5. The number of carbonyl (C=O) groups is 1. The van der Waals surface area contributed by atoms with Crippen LogP contribution in [0.15, 0.2) is 60.7 Å². The summed E-state index contributed by atoms with van der Waals surface area (Å²) in [6.45, 7) is 4.38. The summed E-state index contributed by atoms with van der Waals surface area (Å²) in [5.74, 6) is 0.600. The number of ether oxygens (including phenoxy) is 1. The summed E-state index contributed by atoms with van der Waals surface area (Å²) >= 11 is 0. The molecule has 5 heteroatoms. The van der Waals surface area contributed by atoms with Crippen molar-refractivity contribution in [2.75, 3.05) is 26.2 Å². The quantitative estimate of drug-likeness (QED) is 0.843. The Kier molecular flexibility index (Phi) is 7.64. The molecule has 1 aliphatic rings. The smallest absolute Gasteiger partial charge is 0.256 e. The van der Waals surface area contributed by atoms with Crippen LogP contribution in [-0.4, -0.2) is 37.0 Å². The van der Waals surface area contributed by atoms with Crippen molar-refractivity contribution in [1.29, 1.82) is 0 Å². The summed E-state index contributed by atoms with van der Waals surface area (Å²) in [5, 5.41) is 0. The summed E-state index contributed by atoms with van der Waals surface area (Å²) < 4.78 is 5.79. The molecule has 0 bridgehead atoms. The summed E-state index contributed by atoms with van der Waals surface area (Å²) in [6.07, 6.45) is -0.542. The monoisotopic (exact) mass is 374 g/mol. The second-order valence-corrected chi connectivity index (χ2v) is 6.50. The van der Waals surface area contributed by atoms with Gasteiger partial charge in [0, 0.05) is 25.6 Å². The molecule has 26 heavy (non-hydrogen) atoms. The fourth-order valence-electron chi connectivity index (χ4n) is 3.64. The molecule has 1 unspecified atom stereocenters.